The van der Waals surface area contributed by atoms with E-state index >= 15 is 0 Å². The fourth-order valence-electron chi connectivity index (χ4n) is 1.81. The van der Waals surface area contributed by atoms with Crippen LogP contribution < -0.4 is 10.6 Å². The first kappa shape index (κ1) is 14.6. The van der Waals surface area contributed by atoms with E-state index in [0.29, 0.717) is 21.5 Å². The monoisotopic (exact) mass is 329 g/mol. The van der Waals surface area contributed by atoms with Gasteiger partial charge in [-0.1, -0.05) is 29.8 Å². The van der Waals surface area contributed by atoms with Crippen LogP contribution in [0, 0.1) is 0 Å². The number of carbonyl (C=O) groups is 1. The number of hydrogen-bond acceptors (Lipinski definition) is 4. The molecule has 0 aliphatic carbocycles. The number of benzene rings is 2. The SMILES string of the molecule is O=C(Nc1ccc(Cl)cc1)c1csc(Nc2ccccc2)n1. The number of aromatic nitrogens is 1. The molecule has 0 spiro atoms. The molecule has 6 heteroatoms. The second kappa shape index (κ2) is 6.60. The molecule has 0 unspecified atom stereocenters. The molecule has 0 radical (unpaired) electrons. The summed E-state index contributed by atoms with van der Waals surface area (Å²) >= 11 is 7.20. The number of rotatable bonds is 4. The van der Waals surface area contributed by atoms with Gasteiger partial charge in [0.25, 0.3) is 5.91 Å². The van der Waals surface area contributed by atoms with Crippen LogP contribution in [0.3, 0.4) is 0 Å². The minimum atomic E-state index is -0.250. The van der Waals surface area contributed by atoms with Crippen molar-refractivity contribution in [3.63, 3.8) is 0 Å². The van der Waals surface area contributed by atoms with Gasteiger partial charge >= 0.3 is 0 Å². The summed E-state index contributed by atoms with van der Waals surface area (Å²) in [6, 6.07) is 16.6. The van der Waals surface area contributed by atoms with E-state index in [2.05, 4.69) is 15.6 Å². The number of hydrogen-bond donors (Lipinski definition) is 2. The Kier molecular flexibility index (Phi) is 4.37. The molecule has 0 atom stereocenters. The predicted octanol–water partition coefficient (Wildman–Crippen LogP) is 4.79. The van der Waals surface area contributed by atoms with Crippen molar-refractivity contribution in [1.82, 2.24) is 4.98 Å². The lowest BCUT2D eigenvalue weighted by molar-refractivity contribution is 0.102. The van der Waals surface area contributed by atoms with E-state index < -0.39 is 0 Å². The number of para-hydroxylation sites is 1. The molecule has 1 heterocycles. The first-order valence-corrected chi connectivity index (χ1v) is 7.81. The highest BCUT2D eigenvalue weighted by molar-refractivity contribution is 7.14. The van der Waals surface area contributed by atoms with Crippen molar-refractivity contribution in [2.75, 3.05) is 10.6 Å². The van der Waals surface area contributed by atoms with E-state index in [-0.39, 0.29) is 5.91 Å². The lowest BCUT2D eigenvalue weighted by Crippen LogP contribution is -2.12. The van der Waals surface area contributed by atoms with Crippen molar-refractivity contribution >= 4 is 45.4 Å². The third-order valence-electron chi connectivity index (χ3n) is 2.86. The Morgan fingerprint density at radius 1 is 1.00 bits per heavy atom. The van der Waals surface area contributed by atoms with Gasteiger partial charge in [-0.3, -0.25) is 4.79 Å². The summed E-state index contributed by atoms with van der Waals surface area (Å²) < 4.78 is 0. The standard InChI is InChI=1S/C16H12ClN3OS/c17-11-6-8-13(9-7-11)18-15(21)14-10-22-16(20-14)19-12-4-2-1-3-5-12/h1-10H,(H,18,21)(H,19,20). The number of amides is 1. The van der Waals surface area contributed by atoms with Crippen LogP contribution in [0.1, 0.15) is 10.5 Å². The first-order valence-electron chi connectivity index (χ1n) is 6.55. The Labute approximate surface area is 136 Å². The highest BCUT2D eigenvalue weighted by Gasteiger charge is 2.11. The normalized spacial score (nSPS) is 10.2. The molecule has 2 N–H and O–H groups in total. The number of nitrogens with one attached hydrogen (secondary N) is 2. The largest absolute Gasteiger partial charge is 0.332 e. The molecule has 0 aliphatic rings. The molecule has 22 heavy (non-hydrogen) atoms. The fraction of sp³-hybridized carbons (Fsp3) is 0. The van der Waals surface area contributed by atoms with E-state index in [1.54, 1.807) is 29.6 Å². The van der Waals surface area contributed by atoms with Crippen LogP contribution in [0.2, 0.25) is 5.02 Å². The van der Waals surface area contributed by atoms with Gasteiger partial charge in [-0.15, -0.1) is 11.3 Å². The summed E-state index contributed by atoms with van der Waals surface area (Å²) in [5, 5.41) is 8.96. The maximum atomic E-state index is 12.1. The van der Waals surface area contributed by atoms with Gasteiger partial charge < -0.3 is 10.6 Å². The highest BCUT2D eigenvalue weighted by Crippen LogP contribution is 2.21. The molecule has 0 saturated carbocycles. The van der Waals surface area contributed by atoms with Crippen molar-refractivity contribution in [2.45, 2.75) is 0 Å². The van der Waals surface area contributed by atoms with E-state index in [0.717, 1.165) is 5.69 Å². The van der Waals surface area contributed by atoms with Crippen LogP contribution in [0.5, 0.6) is 0 Å². The third-order valence-corrected chi connectivity index (χ3v) is 3.87. The van der Waals surface area contributed by atoms with E-state index in [1.165, 1.54) is 11.3 Å². The number of anilines is 3. The third kappa shape index (κ3) is 3.63. The van der Waals surface area contributed by atoms with Gasteiger partial charge in [-0.2, -0.15) is 0 Å². The Balaban J connectivity index is 1.67. The van der Waals surface area contributed by atoms with Gasteiger partial charge in [0.2, 0.25) is 0 Å². The number of nitrogens with zero attached hydrogens (tertiary/aromatic N) is 1. The molecule has 2 aromatic carbocycles. The van der Waals surface area contributed by atoms with Gasteiger partial charge in [0.05, 0.1) is 0 Å². The molecule has 4 nitrogen and oxygen atoms in total. The average Bonchev–Trinajstić information content (AvgIpc) is 2.99. The van der Waals surface area contributed by atoms with Crippen LogP contribution in [-0.4, -0.2) is 10.9 Å². The Bertz CT molecular complexity index is 772. The van der Waals surface area contributed by atoms with Crippen LogP contribution in [0.4, 0.5) is 16.5 Å². The first-order chi connectivity index (χ1) is 10.7. The van der Waals surface area contributed by atoms with Crippen LogP contribution in [0.15, 0.2) is 60.0 Å². The van der Waals surface area contributed by atoms with Crippen molar-refractivity contribution in [2.24, 2.45) is 0 Å². The number of halogens is 1. The van der Waals surface area contributed by atoms with Crippen LogP contribution in [0.25, 0.3) is 0 Å². The molecule has 0 saturated heterocycles. The molecule has 0 aliphatic heterocycles. The van der Waals surface area contributed by atoms with E-state index in [9.17, 15) is 4.79 Å². The van der Waals surface area contributed by atoms with Gasteiger partial charge in [0, 0.05) is 21.8 Å². The van der Waals surface area contributed by atoms with Crippen LogP contribution in [-0.2, 0) is 0 Å². The zero-order valence-electron chi connectivity index (χ0n) is 11.4. The fourth-order valence-corrected chi connectivity index (χ4v) is 2.65. The van der Waals surface area contributed by atoms with Crippen molar-refractivity contribution in [1.29, 1.82) is 0 Å². The molecule has 3 aromatic rings. The summed E-state index contributed by atoms with van der Waals surface area (Å²) in [6.45, 7) is 0. The average molecular weight is 330 g/mol. The minimum Gasteiger partial charge on any atom is -0.332 e. The second-order valence-electron chi connectivity index (χ2n) is 4.49. The topological polar surface area (TPSA) is 54.0 Å². The van der Waals surface area contributed by atoms with Gasteiger partial charge in [-0.05, 0) is 36.4 Å². The van der Waals surface area contributed by atoms with Crippen molar-refractivity contribution < 1.29 is 4.79 Å². The molecule has 3 rings (SSSR count). The molecule has 110 valence electrons. The lowest BCUT2D eigenvalue weighted by Gasteiger charge is -2.03. The van der Waals surface area contributed by atoms with Gasteiger partial charge in [-0.25, -0.2) is 4.98 Å². The van der Waals surface area contributed by atoms with Crippen LogP contribution >= 0.6 is 22.9 Å². The minimum absolute atomic E-state index is 0.250. The smallest absolute Gasteiger partial charge is 0.275 e. The molecule has 0 fully saturated rings. The second-order valence-corrected chi connectivity index (χ2v) is 5.78. The molecule has 1 amide bonds. The molecule has 1 aromatic heterocycles. The summed E-state index contributed by atoms with van der Waals surface area (Å²) in [6.07, 6.45) is 0. The molecular formula is C16H12ClN3OS. The Morgan fingerprint density at radius 2 is 1.73 bits per heavy atom. The van der Waals surface area contributed by atoms with Crippen molar-refractivity contribution in [3.05, 3.63) is 70.7 Å². The highest BCUT2D eigenvalue weighted by atomic mass is 35.5. The summed E-state index contributed by atoms with van der Waals surface area (Å²) in [4.78, 5) is 16.4. The predicted molar refractivity (Wildman–Crippen MR) is 91.2 cm³/mol. The molecular weight excluding hydrogens is 318 g/mol. The Hall–Kier alpha value is -2.37. The zero-order valence-corrected chi connectivity index (χ0v) is 13.0. The maximum Gasteiger partial charge on any atom is 0.275 e. The van der Waals surface area contributed by atoms with Gasteiger partial charge in [0.1, 0.15) is 5.69 Å². The van der Waals surface area contributed by atoms with E-state index in [1.807, 2.05) is 30.3 Å². The summed E-state index contributed by atoms with van der Waals surface area (Å²) in [7, 11) is 0. The zero-order chi connectivity index (χ0) is 15.4. The number of carbonyl (C=O) groups excluding carboxylic acids is 1. The summed E-state index contributed by atoms with van der Waals surface area (Å²) in [5.41, 5.74) is 1.99. The number of thiazole rings is 1. The van der Waals surface area contributed by atoms with Gasteiger partial charge in [0.15, 0.2) is 5.13 Å². The molecule has 0 bridgehead atoms. The quantitative estimate of drug-likeness (QED) is 0.723. The summed E-state index contributed by atoms with van der Waals surface area (Å²) in [5.74, 6) is -0.250. The lowest BCUT2D eigenvalue weighted by atomic mass is 10.3. The maximum absolute atomic E-state index is 12.1. The van der Waals surface area contributed by atoms with Crippen molar-refractivity contribution in [3.8, 4) is 0 Å². The Morgan fingerprint density at radius 3 is 2.45 bits per heavy atom. The van der Waals surface area contributed by atoms with E-state index in [4.69, 9.17) is 11.6 Å².